The summed E-state index contributed by atoms with van der Waals surface area (Å²) >= 11 is 0. The summed E-state index contributed by atoms with van der Waals surface area (Å²) in [5, 5.41) is 12.2. The Morgan fingerprint density at radius 2 is 1.13 bits per heavy atom. The van der Waals surface area contributed by atoms with Crippen molar-refractivity contribution in [2.24, 2.45) is 7.05 Å². The van der Waals surface area contributed by atoms with Crippen molar-refractivity contribution in [3.8, 4) is 56.0 Å². The molecule has 0 aliphatic carbocycles. The maximum Gasteiger partial charge on any atom is 0.0555 e. The van der Waals surface area contributed by atoms with Crippen LogP contribution >= 0.6 is 0 Å². The molecule has 12 rings (SSSR count). The van der Waals surface area contributed by atoms with Crippen molar-refractivity contribution >= 4 is 32.3 Å². The summed E-state index contributed by atoms with van der Waals surface area (Å²) in [5.74, 6) is 0.921. The van der Waals surface area contributed by atoms with Gasteiger partial charge in [-0.05, 0) is 108 Å². The quantitative estimate of drug-likeness (QED) is 0.0905. The largest absolute Gasteiger partial charge is 0.668 e. The van der Waals surface area contributed by atoms with Gasteiger partial charge in [-0.1, -0.05) is 128 Å². The SMILES string of the molecule is CN1C=C[N-]C1c1[c-]cc(CCc2cc(CCc3c[c-]c(-c4nccn4C)cc3)cc(-c3ccccc3-c3ccc(-c4[c-]ccc(-c5ccc6c7ccccc7c7ccccc7c6c5)c4)nc3)c2)cc1.[Ir]. The van der Waals surface area contributed by atoms with Crippen LogP contribution < -0.4 is 0 Å². The topological polar surface area (TPSA) is 48.1 Å². The van der Waals surface area contributed by atoms with Crippen molar-refractivity contribution in [1.29, 1.82) is 0 Å². The van der Waals surface area contributed by atoms with Crippen LogP contribution in [0.25, 0.3) is 93.7 Å². The molecule has 0 saturated heterocycles. The summed E-state index contributed by atoms with van der Waals surface area (Å²) in [7, 11) is 4.07. The summed E-state index contributed by atoms with van der Waals surface area (Å²) in [6, 6.07) is 74.5. The molecule has 0 fully saturated rings. The van der Waals surface area contributed by atoms with Crippen LogP contribution in [-0.4, -0.2) is 26.5 Å². The Bertz CT molecular complexity index is 3690. The van der Waals surface area contributed by atoms with Crippen molar-refractivity contribution in [3.63, 3.8) is 0 Å². The van der Waals surface area contributed by atoms with E-state index in [1.54, 1.807) is 0 Å². The minimum absolute atomic E-state index is 0. The fourth-order valence-corrected chi connectivity index (χ4v) is 10.2. The van der Waals surface area contributed by atoms with Crippen LogP contribution in [-0.2, 0) is 52.8 Å². The molecule has 0 bridgehead atoms. The molecule has 1 atom stereocenters. The Balaban J connectivity index is 0.00000547. The molecule has 0 amide bonds. The molecule has 0 N–H and O–H groups in total. The summed E-state index contributed by atoms with van der Waals surface area (Å²) in [5.41, 5.74) is 16.0. The van der Waals surface area contributed by atoms with Crippen molar-refractivity contribution < 1.29 is 20.1 Å². The zero-order valence-electron chi connectivity index (χ0n) is 39.6. The van der Waals surface area contributed by atoms with Gasteiger partial charge in [0.1, 0.15) is 0 Å². The average molecular weight is 1090 g/mol. The monoisotopic (exact) mass is 1090 g/mol. The van der Waals surface area contributed by atoms with Gasteiger partial charge < -0.3 is 19.8 Å². The first-order chi connectivity index (χ1) is 34.5. The number of rotatable bonds is 12. The number of fused-ring (bicyclic) bond motifs is 6. The normalized spacial score (nSPS) is 13.2. The van der Waals surface area contributed by atoms with E-state index in [9.17, 15) is 0 Å². The van der Waals surface area contributed by atoms with Gasteiger partial charge in [-0.25, -0.2) is 0 Å². The van der Waals surface area contributed by atoms with Crippen LogP contribution in [0.3, 0.4) is 0 Å². The molecular formula is C65H49IrN5-4. The number of benzene rings is 9. The smallest absolute Gasteiger partial charge is 0.0555 e. The summed E-state index contributed by atoms with van der Waals surface area (Å²) in [4.78, 5) is 11.7. The van der Waals surface area contributed by atoms with E-state index in [1.165, 1.54) is 71.3 Å². The predicted molar refractivity (Wildman–Crippen MR) is 288 cm³/mol. The van der Waals surface area contributed by atoms with Gasteiger partial charge in [-0.15, -0.1) is 70.8 Å². The maximum absolute atomic E-state index is 5.09. The number of nitrogens with zero attached hydrogens (tertiary/aromatic N) is 5. The molecule has 0 spiro atoms. The van der Waals surface area contributed by atoms with Crippen LogP contribution in [0.2, 0.25) is 0 Å². The molecule has 5 nitrogen and oxygen atoms in total. The molecular weight excluding hydrogens is 1040 g/mol. The number of pyridine rings is 1. The van der Waals surface area contributed by atoms with Crippen LogP contribution in [0.1, 0.15) is 34.0 Å². The molecule has 9 aromatic carbocycles. The Kier molecular flexibility index (Phi) is 12.7. The standard InChI is InChI=1S/C65H49N5.Ir/c1-69-36-34-66-64(69)48-26-22-44(23-27-48)18-20-46-38-47(21-19-45-24-28-49(29-25-45)65-67-35-37-70(65)2)40-54(39-46)56-13-4-3-12-55(56)53-31-33-63(68-43-53)52-11-9-10-50(41-52)51-30-32-61-59-16-6-5-14-57(59)58-15-7-8-17-60(58)62(61)42-51;/h3-10,12-17,22-26,28,30-43,64H,18-21H2,1-2H3;/q-4;. The second-order valence-corrected chi connectivity index (χ2v) is 18.5. The van der Waals surface area contributed by atoms with Crippen LogP contribution in [0.4, 0.5) is 0 Å². The summed E-state index contributed by atoms with van der Waals surface area (Å²) < 4.78 is 2.03. The molecule has 3 heterocycles. The van der Waals surface area contributed by atoms with Gasteiger partial charge in [0.05, 0.1) is 5.82 Å². The third-order valence-electron chi connectivity index (χ3n) is 14.0. The molecule has 71 heavy (non-hydrogen) atoms. The molecule has 6 heteroatoms. The van der Waals surface area contributed by atoms with Gasteiger partial charge >= 0.3 is 0 Å². The zero-order valence-corrected chi connectivity index (χ0v) is 42.0. The molecule has 1 unspecified atom stereocenters. The van der Waals surface area contributed by atoms with Gasteiger partial charge in [0.2, 0.25) is 0 Å². The maximum atomic E-state index is 5.09. The average Bonchev–Trinajstić information content (AvgIpc) is 4.07. The molecule has 1 aliphatic rings. The second-order valence-electron chi connectivity index (χ2n) is 18.5. The number of aryl methyl sites for hydroxylation is 5. The van der Waals surface area contributed by atoms with E-state index in [0.29, 0.717) is 0 Å². The minimum atomic E-state index is -0.00225. The first kappa shape index (κ1) is 45.5. The zero-order chi connectivity index (χ0) is 47.0. The van der Waals surface area contributed by atoms with Crippen LogP contribution in [0, 0.1) is 18.2 Å². The number of imidazole rings is 1. The van der Waals surface area contributed by atoms with Gasteiger partial charge in [0.25, 0.3) is 0 Å². The molecule has 1 radical (unpaired) electrons. The van der Waals surface area contributed by atoms with E-state index >= 15 is 0 Å². The molecule has 2 aromatic heterocycles. The van der Waals surface area contributed by atoms with E-state index in [-0.39, 0.29) is 26.3 Å². The third kappa shape index (κ3) is 9.21. The van der Waals surface area contributed by atoms with Gasteiger partial charge in [-0.3, -0.25) is 4.98 Å². The van der Waals surface area contributed by atoms with Gasteiger partial charge in [0, 0.05) is 52.8 Å². The van der Waals surface area contributed by atoms with E-state index in [0.717, 1.165) is 70.6 Å². The fraction of sp³-hybridized carbons (Fsp3) is 0.108. The first-order valence-corrected chi connectivity index (χ1v) is 24.1. The summed E-state index contributed by atoms with van der Waals surface area (Å²) in [6.07, 6.45) is 13.3. The van der Waals surface area contributed by atoms with E-state index in [1.807, 2.05) is 48.7 Å². The summed E-state index contributed by atoms with van der Waals surface area (Å²) in [6.45, 7) is 0. The minimum Gasteiger partial charge on any atom is -0.668 e. The van der Waals surface area contributed by atoms with Crippen molar-refractivity contribution in [2.75, 3.05) is 7.05 Å². The number of hydrogen-bond acceptors (Lipinski definition) is 3. The van der Waals surface area contributed by atoms with Gasteiger partial charge in [0.15, 0.2) is 0 Å². The van der Waals surface area contributed by atoms with E-state index in [2.05, 4.69) is 210 Å². The van der Waals surface area contributed by atoms with Crippen molar-refractivity contribution in [1.82, 2.24) is 19.4 Å². The Hall–Kier alpha value is -7.89. The molecule has 347 valence electrons. The fourth-order valence-electron chi connectivity index (χ4n) is 10.2. The van der Waals surface area contributed by atoms with E-state index < -0.39 is 0 Å². The van der Waals surface area contributed by atoms with Crippen LogP contribution in [0.15, 0.2) is 207 Å². The Labute approximate surface area is 429 Å². The molecule has 0 saturated carbocycles. The van der Waals surface area contributed by atoms with Crippen LogP contribution in [0.5, 0.6) is 0 Å². The third-order valence-corrected chi connectivity index (χ3v) is 14.0. The Morgan fingerprint density at radius 3 is 1.73 bits per heavy atom. The molecule has 11 aromatic rings. The van der Waals surface area contributed by atoms with Gasteiger partial charge in [-0.2, -0.15) is 41.6 Å². The van der Waals surface area contributed by atoms with Crippen molar-refractivity contribution in [2.45, 2.75) is 31.8 Å². The van der Waals surface area contributed by atoms with Crippen molar-refractivity contribution in [3.05, 3.63) is 258 Å². The number of hydrogen-bond donors (Lipinski definition) is 0. The van der Waals surface area contributed by atoms with E-state index in [4.69, 9.17) is 4.98 Å². The first-order valence-electron chi connectivity index (χ1n) is 24.1. The second kappa shape index (κ2) is 19.8. The Morgan fingerprint density at radius 1 is 0.507 bits per heavy atom. The molecule has 1 aliphatic heterocycles. The predicted octanol–water partition coefficient (Wildman–Crippen LogP) is 15.4. The number of aromatic nitrogens is 3.